The molecule has 3 rings (SSSR count). The number of nitrogens with zero attached hydrogens (tertiary/aromatic N) is 1. The van der Waals surface area contributed by atoms with E-state index >= 15 is 0 Å². The van der Waals surface area contributed by atoms with Gasteiger partial charge in [0.2, 0.25) is 5.91 Å². The molecule has 2 fully saturated rings. The number of rotatable bonds is 4. The maximum absolute atomic E-state index is 13.1. The highest BCUT2D eigenvalue weighted by molar-refractivity contribution is 9.10. The van der Waals surface area contributed by atoms with Crippen molar-refractivity contribution in [2.75, 3.05) is 31.1 Å². The molecule has 1 aromatic rings. The second-order valence-corrected chi connectivity index (χ2v) is 7.23. The number of nitrogens with one attached hydrogen (secondary N) is 2. The van der Waals surface area contributed by atoms with Gasteiger partial charge in [0.05, 0.1) is 12.6 Å². The Bertz CT molecular complexity index is 594. The lowest BCUT2D eigenvalue weighted by molar-refractivity contribution is -0.123. The minimum Gasteiger partial charge on any atom is -0.371 e. The predicted octanol–water partition coefficient (Wildman–Crippen LogP) is 3.23. The monoisotopic (exact) mass is 459 g/mol. The molecule has 0 spiro atoms. The minimum absolute atomic E-state index is 0. The van der Waals surface area contributed by atoms with E-state index in [1.54, 1.807) is 0 Å². The molecule has 142 valence electrons. The maximum atomic E-state index is 13.1. The molecular weight excluding hydrogens is 439 g/mol. The Morgan fingerprint density at radius 2 is 2.16 bits per heavy atom. The zero-order chi connectivity index (χ0) is 16.4. The summed E-state index contributed by atoms with van der Waals surface area (Å²) < 4.78 is 27.3. The number of amides is 1. The van der Waals surface area contributed by atoms with Crippen LogP contribution in [0.25, 0.3) is 0 Å². The highest BCUT2D eigenvalue weighted by Gasteiger charge is 2.42. The van der Waals surface area contributed by atoms with Crippen LogP contribution >= 0.6 is 40.7 Å². The average Bonchev–Trinajstić information content (AvgIpc) is 3.11. The molecule has 2 saturated heterocycles. The van der Waals surface area contributed by atoms with E-state index < -0.39 is 24.9 Å². The number of anilines is 1. The van der Waals surface area contributed by atoms with Gasteiger partial charge in [-0.2, -0.15) is 0 Å². The smallest absolute Gasteiger partial charge is 0.262 e. The largest absolute Gasteiger partial charge is 0.371 e. The van der Waals surface area contributed by atoms with E-state index in [2.05, 4.69) is 43.6 Å². The summed E-state index contributed by atoms with van der Waals surface area (Å²) in [5.74, 6) is -2.74. The van der Waals surface area contributed by atoms with Crippen molar-refractivity contribution >= 4 is 52.3 Å². The molecule has 1 aromatic carbocycles. The molecule has 2 heterocycles. The number of halogens is 5. The molecule has 0 aromatic heterocycles. The molecule has 2 aliphatic rings. The predicted molar refractivity (Wildman–Crippen MR) is 103 cm³/mol. The Balaban J connectivity index is 0.00000156. The number of carbonyl (C=O) groups excluding carboxylic acids is 1. The van der Waals surface area contributed by atoms with Crippen LogP contribution in [0.2, 0.25) is 0 Å². The molecule has 4 nitrogen and oxygen atoms in total. The summed E-state index contributed by atoms with van der Waals surface area (Å²) in [6.07, 6.45) is 0.578. The molecule has 25 heavy (non-hydrogen) atoms. The normalized spacial score (nSPS) is 24.4. The van der Waals surface area contributed by atoms with Gasteiger partial charge in [-0.25, -0.2) is 8.78 Å². The van der Waals surface area contributed by atoms with Crippen molar-refractivity contribution in [2.24, 2.45) is 5.92 Å². The van der Waals surface area contributed by atoms with Gasteiger partial charge in [0.1, 0.15) is 0 Å². The Hall–Kier alpha value is -0.630. The molecule has 2 N–H and O–H groups in total. The topological polar surface area (TPSA) is 44.4 Å². The lowest BCUT2D eigenvalue weighted by atomic mass is 10.1. The third kappa shape index (κ3) is 5.94. The summed E-state index contributed by atoms with van der Waals surface area (Å²) in [5.41, 5.74) is 1.16. The highest BCUT2D eigenvalue weighted by Crippen LogP contribution is 2.27. The van der Waals surface area contributed by atoms with Crippen molar-refractivity contribution in [1.82, 2.24) is 10.6 Å². The minimum atomic E-state index is -2.77. The fraction of sp³-hybridized carbons (Fsp3) is 0.562. The van der Waals surface area contributed by atoms with Crippen LogP contribution < -0.4 is 15.5 Å². The lowest BCUT2D eigenvalue weighted by Gasteiger charge is -2.19. The number of benzene rings is 1. The van der Waals surface area contributed by atoms with Crippen LogP contribution in [0, 0.1) is 5.92 Å². The number of hydrogen-bond donors (Lipinski definition) is 2. The van der Waals surface area contributed by atoms with Crippen LogP contribution in [0.5, 0.6) is 0 Å². The molecule has 1 amide bonds. The summed E-state index contributed by atoms with van der Waals surface area (Å²) in [6, 6.07) is 7.36. The number of alkyl halides is 2. The van der Waals surface area contributed by atoms with Gasteiger partial charge in [-0.1, -0.05) is 22.0 Å². The van der Waals surface area contributed by atoms with E-state index in [1.165, 1.54) is 0 Å². The zero-order valence-corrected chi connectivity index (χ0v) is 16.7. The van der Waals surface area contributed by atoms with E-state index in [1.807, 2.05) is 12.1 Å². The lowest BCUT2D eigenvalue weighted by Crippen LogP contribution is -2.42. The van der Waals surface area contributed by atoms with E-state index in [4.69, 9.17) is 0 Å². The SMILES string of the molecule is Cl.Cl.O=C(NCC1CCN(c2cccc(Br)c2)C1)C1CC(F)(F)CN1. The molecule has 2 aliphatic heterocycles. The Morgan fingerprint density at radius 1 is 1.40 bits per heavy atom. The van der Waals surface area contributed by atoms with E-state index in [-0.39, 0.29) is 30.7 Å². The van der Waals surface area contributed by atoms with Crippen molar-refractivity contribution < 1.29 is 13.6 Å². The Labute approximate surface area is 167 Å². The first-order chi connectivity index (χ1) is 10.9. The molecule has 2 atom stereocenters. The van der Waals surface area contributed by atoms with Crippen molar-refractivity contribution in [3.63, 3.8) is 0 Å². The first-order valence-corrected chi connectivity index (χ1v) is 8.62. The van der Waals surface area contributed by atoms with Gasteiger partial charge in [0.25, 0.3) is 5.92 Å². The second kappa shape index (κ2) is 9.35. The van der Waals surface area contributed by atoms with Crippen LogP contribution in [-0.2, 0) is 4.79 Å². The summed E-state index contributed by atoms with van der Waals surface area (Å²) in [4.78, 5) is 14.2. The van der Waals surface area contributed by atoms with Crippen LogP contribution in [0.15, 0.2) is 28.7 Å². The van der Waals surface area contributed by atoms with E-state index in [0.717, 1.165) is 29.7 Å². The third-order valence-electron chi connectivity index (χ3n) is 4.45. The fourth-order valence-corrected chi connectivity index (χ4v) is 3.56. The van der Waals surface area contributed by atoms with Crippen molar-refractivity contribution in [3.05, 3.63) is 28.7 Å². The standard InChI is InChI=1S/C16H20BrF2N3O.2ClH/c17-12-2-1-3-13(6-12)22-5-4-11(9-22)8-20-15(23)14-7-16(18,19)10-21-14;;/h1-3,6,11,14,21H,4-5,7-10H2,(H,20,23);2*1H. The zero-order valence-electron chi connectivity index (χ0n) is 13.5. The summed E-state index contributed by atoms with van der Waals surface area (Å²) >= 11 is 3.47. The van der Waals surface area contributed by atoms with Gasteiger partial charge in [-0.05, 0) is 30.5 Å². The van der Waals surface area contributed by atoms with Gasteiger partial charge >= 0.3 is 0 Å². The van der Waals surface area contributed by atoms with E-state index in [0.29, 0.717) is 12.5 Å². The Morgan fingerprint density at radius 3 is 2.80 bits per heavy atom. The Kier molecular flexibility index (Phi) is 8.38. The van der Waals surface area contributed by atoms with Crippen LogP contribution in [0.3, 0.4) is 0 Å². The average molecular weight is 461 g/mol. The molecule has 2 unspecified atom stereocenters. The molecule has 0 saturated carbocycles. The quantitative estimate of drug-likeness (QED) is 0.724. The molecule has 0 radical (unpaired) electrons. The maximum Gasteiger partial charge on any atom is 0.262 e. The van der Waals surface area contributed by atoms with Gasteiger partial charge in [0, 0.05) is 36.2 Å². The third-order valence-corrected chi connectivity index (χ3v) is 4.94. The first-order valence-electron chi connectivity index (χ1n) is 7.82. The highest BCUT2D eigenvalue weighted by atomic mass is 79.9. The van der Waals surface area contributed by atoms with Crippen molar-refractivity contribution in [2.45, 2.75) is 24.8 Å². The van der Waals surface area contributed by atoms with Crippen LogP contribution in [0.1, 0.15) is 12.8 Å². The first kappa shape index (κ1) is 22.4. The van der Waals surface area contributed by atoms with Crippen LogP contribution in [-0.4, -0.2) is 44.1 Å². The van der Waals surface area contributed by atoms with Crippen molar-refractivity contribution in [1.29, 1.82) is 0 Å². The van der Waals surface area contributed by atoms with Crippen molar-refractivity contribution in [3.8, 4) is 0 Å². The van der Waals surface area contributed by atoms with Gasteiger partial charge < -0.3 is 10.2 Å². The fourth-order valence-electron chi connectivity index (χ4n) is 3.18. The van der Waals surface area contributed by atoms with Gasteiger partial charge in [0.15, 0.2) is 0 Å². The number of carbonyl (C=O) groups is 1. The van der Waals surface area contributed by atoms with Crippen LogP contribution in [0.4, 0.5) is 14.5 Å². The molecule has 0 bridgehead atoms. The van der Waals surface area contributed by atoms with E-state index in [9.17, 15) is 13.6 Å². The molecule has 9 heteroatoms. The second-order valence-electron chi connectivity index (χ2n) is 6.32. The summed E-state index contributed by atoms with van der Waals surface area (Å²) in [7, 11) is 0. The number of hydrogen-bond acceptors (Lipinski definition) is 3. The summed E-state index contributed by atoms with van der Waals surface area (Å²) in [5, 5.41) is 5.40. The van der Waals surface area contributed by atoms with Gasteiger partial charge in [-0.3, -0.25) is 10.1 Å². The van der Waals surface area contributed by atoms with Gasteiger partial charge in [-0.15, -0.1) is 24.8 Å². The molecular formula is C16H22BrCl2F2N3O. The molecule has 0 aliphatic carbocycles. The summed E-state index contributed by atoms with van der Waals surface area (Å²) in [6.45, 7) is 1.93.